The van der Waals surface area contributed by atoms with Crippen LogP contribution in [0.4, 0.5) is 5.13 Å². The number of carbonyl (C=O) groups excluding carboxylic acids is 1. The zero-order valence-electron chi connectivity index (χ0n) is 11.7. The second-order valence-electron chi connectivity index (χ2n) is 4.22. The van der Waals surface area contributed by atoms with Crippen molar-refractivity contribution in [1.82, 2.24) is 9.97 Å². The fourth-order valence-electron chi connectivity index (χ4n) is 1.77. The van der Waals surface area contributed by atoms with Gasteiger partial charge in [0.2, 0.25) is 5.91 Å². The van der Waals surface area contributed by atoms with Crippen molar-refractivity contribution in [3.05, 3.63) is 29.8 Å². The molecule has 0 aliphatic rings. The van der Waals surface area contributed by atoms with Gasteiger partial charge in [0.1, 0.15) is 5.75 Å². The zero-order chi connectivity index (χ0) is 15.4. The number of nitrogens with zero attached hydrogens (tertiary/aromatic N) is 2. The maximum absolute atomic E-state index is 11.8. The predicted molar refractivity (Wildman–Crippen MR) is 92.3 cm³/mol. The first-order valence-corrected chi connectivity index (χ1v) is 9.28. The number of amides is 1. The Morgan fingerprint density at radius 2 is 2.36 bits per heavy atom. The number of rotatable bonds is 6. The van der Waals surface area contributed by atoms with Crippen molar-refractivity contribution < 1.29 is 9.53 Å². The molecular weight excluding hydrogens is 338 g/mol. The van der Waals surface area contributed by atoms with Crippen LogP contribution in [0.5, 0.6) is 5.75 Å². The van der Waals surface area contributed by atoms with Gasteiger partial charge in [-0.3, -0.25) is 4.79 Å². The van der Waals surface area contributed by atoms with Crippen molar-refractivity contribution in [2.75, 3.05) is 17.7 Å². The summed E-state index contributed by atoms with van der Waals surface area (Å²) in [5, 5.41) is 5.20. The van der Waals surface area contributed by atoms with E-state index in [1.54, 1.807) is 17.5 Å². The van der Waals surface area contributed by atoms with Crippen LogP contribution in [0, 0.1) is 0 Å². The largest absolute Gasteiger partial charge is 0.494 e. The quantitative estimate of drug-likeness (QED) is 0.683. The molecule has 114 valence electrons. The number of ether oxygens (including phenoxy) is 1. The number of hydrogen-bond donors (Lipinski definition) is 1. The van der Waals surface area contributed by atoms with Crippen LogP contribution in [0.15, 0.2) is 34.1 Å². The van der Waals surface area contributed by atoms with Gasteiger partial charge < -0.3 is 10.1 Å². The van der Waals surface area contributed by atoms with Crippen LogP contribution in [0.2, 0.25) is 0 Å². The molecule has 5 nitrogen and oxygen atoms in total. The Labute approximate surface area is 139 Å². The lowest BCUT2D eigenvalue weighted by atomic mass is 10.3. The molecule has 1 amide bonds. The molecule has 8 heteroatoms. The lowest BCUT2D eigenvalue weighted by Gasteiger charge is -2.00. The Morgan fingerprint density at radius 3 is 3.14 bits per heavy atom. The molecule has 2 aromatic heterocycles. The second-order valence-corrected chi connectivity index (χ2v) is 7.36. The third-order valence-corrected chi connectivity index (χ3v) is 5.51. The number of fused-ring (bicyclic) bond motifs is 1. The summed E-state index contributed by atoms with van der Waals surface area (Å²) in [5.41, 5.74) is 0.927. The van der Waals surface area contributed by atoms with Crippen molar-refractivity contribution in [2.45, 2.75) is 11.3 Å². The second kappa shape index (κ2) is 7.08. The van der Waals surface area contributed by atoms with Gasteiger partial charge >= 0.3 is 0 Å². The van der Waals surface area contributed by atoms with Crippen LogP contribution in [0.1, 0.15) is 6.92 Å². The highest BCUT2D eigenvalue weighted by atomic mass is 32.2. The van der Waals surface area contributed by atoms with Gasteiger partial charge in [0.25, 0.3) is 0 Å². The van der Waals surface area contributed by atoms with Gasteiger partial charge in [-0.05, 0) is 25.1 Å². The van der Waals surface area contributed by atoms with E-state index in [1.807, 2.05) is 30.5 Å². The average molecular weight is 351 g/mol. The monoisotopic (exact) mass is 351 g/mol. The van der Waals surface area contributed by atoms with Crippen LogP contribution in [-0.2, 0) is 4.79 Å². The van der Waals surface area contributed by atoms with E-state index < -0.39 is 0 Å². The van der Waals surface area contributed by atoms with Crippen LogP contribution in [0.3, 0.4) is 0 Å². The molecule has 0 aliphatic carbocycles. The first-order chi connectivity index (χ1) is 10.7. The molecule has 0 bridgehead atoms. The minimum absolute atomic E-state index is 0.0748. The van der Waals surface area contributed by atoms with Crippen LogP contribution >= 0.6 is 34.4 Å². The van der Waals surface area contributed by atoms with Gasteiger partial charge in [-0.25, -0.2) is 9.97 Å². The van der Waals surface area contributed by atoms with Gasteiger partial charge in [0.05, 0.1) is 22.6 Å². The molecule has 0 radical (unpaired) electrons. The standard InChI is InChI=1S/C14H13N3O2S3/c1-2-19-9-3-4-10-11(7-9)22-14(16-10)21-8-12(18)17-13-15-5-6-20-13/h3-7H,2,8H2,1H3,(H,15,17,18). The van der Waals surface area contributed by atoms with Crippen molar-refractivity contribution in [3.63, 3.8) is 0 Å². The van der Waals surface area contributed by atoms with Gasteiger partial charge in [0, 0.05) is 11.6 Å². The van der Waals surface area contributed by atoms with E-state index >= 15 is 0 Å². The fourth-order valence-corrected chi connectivity index (χ4v) is 4.21. The molecule has 0 atom stereocenters. The Hall–Kier alpha value is -1.64. The molecule has 1 aromatic carbocycles. The molecule has 2 heterocycles. The molecule has 0 fully saturated rings. The van der Waals surface area contributed by atoms with E-state index in [0.717, 1.165) is 20.3 Å². The number of aromatic nitrogens is 2. The van der Waals surface area contributed by atoms with E-state index in [2.05, 4.69) is 15.3 Å². The lowest BCUT2D eigenvalue weighted by Crippen LogP contribution is -2.13. The number of thiazole rings is 2. The molecular formula is C14H13N3O2S3. The fraction of sp³-hybridized carbons (Fsp3) is 0.214. The molecule has 0 unspecified atom stereocenters. The Morgan fingerprint density at radius 1 is 1.45 bits per heavy atom. The smallest absolute Gasteiger partial charge is 0.236 e. The zero-order valence-corrected chi connectivity index (χ0v) is 14.2. The first-order valence-electron chi connectivity index (χ1n) is 6.60. The maximum Gasteiger partial charge on any atom is 0.236 e. The average Bonchev–Trinajstić information content (AvgIpc) is 3.14. The Kier molecular flexibility index (Phi) is 4.91. The lowest BCUT2D eigenvalue weighted by molar-refractivity contribution is -0.113. The van der Waals surface area contributed by atoms with E-state index in [9.17, 15) is 4.79 Å². The van der Waals surface area contributed by atoms with E-state index in [4.69, 9.17) is 4.74 Å². The molecule has 0 saturated heterocycles. The number of nitrogens with one attached hydrogen (secondary N) is 1. The third-order valence-electron chi connectivity index (χ3n) is 2.66. The predicted octanol–water partition coefficient (Wildman–Crippen LogP) is 3.88. The van der Waals surface area contributed by atoms with Crippen molar-refractivity contribution >= 4 is 55.7 Å². The van der Waals surface area contributed by atoms with Crippen LogP contribution in [-0.4, -0.2) is 28.2 Å². The van der Waals surface area contributed by atoms with Gasteiger partial charge in [-0.2, -0.15) is 0 Å². The summed E-state index contributed by atoms with van der Waals surface area (Å²) in [5.74, 6) is 1.09. The number of carbonyl (C=O) groups is 1. The summed E-state index contributed by atoms with van der Waals surface area (Å²) in [6.07, 6.45) is 1.66. The molecule has 1 N–H and O–H groups in total. The van der Waals surface area contributed by atoms with E-state index in [1.165, 1.54) is 23.1 Å². The normalized spacial score (nSPS) is 10.8. The van der Waals surface area contributed by atoms with Gasteiger partial charge in [-0.15, -0.1) is 22.7 Å². The number of hydrogen-bond acceptors (Lipinski definition) is 7. The van der Waals surface area contributed by atoms with Crippen molar-refractivity contribution in [2.24, 2.45) is 0 Å². The summed E-state index contributed by atoms with van der Waals surface area (Å²) >= 11 is 4.40. The highest BCUT2D eigenvalue weighted by molar-refractivity contribution is 8.01. The van der Waals surface area contributed by atoms with E-state index in [0.29, 0.717) is 17.5 Å². The first kappa shape index (κ1) is 15.3. The van der Waals surface area contributed by atoms with E-state index in [-0.39, 0.29) is 5.91 Å². The Balaban J connectivity index is 1.62. The Bertz CT molecular complexity index is 771. The molecule has 0 aliphatic heterocycles. The minimum atomic E-state index is -0.0748. The topological polar surface area (TPSA) is 64.1 Å². The molecule has 3 rings (SSSR count). The van der Waals surface area contributed by atoms with Crippen molar-refractivity contribution in [1.29, 1.82) is 0 Å². The molecule has 0 saturated carbocycles. The van der Waals surface area contributed by atoms with Gasteiger partial charge in [-0.1, -0.05) is 11.8 Å². The summed E-state index contributed by atoms with van der Waals surface area (Å²) < 4.78 is 7.42. The molecule has 22 heavy (non-hydrogen) atoms. The minimum Gasteiger partial charge on any atom is -0.494 e. The number of thioether (sulfide) groups is 1. The highest BCUT2D eigenvalue weighted by Crippen LogP contribution is 2.31. The third kappa shape index (κ3) is 3.76. The maximum atomic E-state index is 11.8. The SMILES string of the molecule is CCOc1ccc2nc(SCC(=O)Nc3nccs3)sc2c1. The number of benzene rings is 1. The summed E-state index contributed by atoms with van der Waals surface area (Å²) in [7, 11) is 0. The molecule has 3 aromatic rings. The van der Waals surface area contributed by atoms with Crippen LogP contribution in [0.25, 0.3) is 10.2 Å². The van der Waals surface area contributed by atoms with Crippen LogP contribution < -0.4 is 10.1 Å². The number of anilines is 1. The molecule has 0 spiro atoms. The highest BCUT2D eigenvalue weighted by Gasteiger charge is 2.09. The summed E-state index contributed by atoms with van der Waals surface area (Å²) in [4.78, 5) is 20.4. The van der Waals surface area contributed by atoms with Crippen molar-refractivity contribution in [3.8, 4) is 5.75 Å². The summed E-state index contributed by atoms with van der Waals surface area (Å²) in [6, 6.07) is 5.84. The summed E-state index contributed by atoms with van der Waals surface area (Å²) in [6.45, 7) is 2.60. The van der Waals surface area contributed by atoms with Gasteiger partial charge in [0.15, 0.2) is 9.47 Å².